The Labute approximate surface area is 162 Å². The van der Waals surface area contributed by atoms with Crippen LogP contribution in [0.15, 0.2) is 0 Å². The van der Waals surface area contributed by atoms with Gasteiger partial charge in [0.05, 0.1) is 9.49 Å². The van der Waals surface area contributed by atoms with Crippen molar-refractivity contribution in [1.82, 2.24) is 0 Å². The maximum atomic E-state index is 11.2. The van der Waals surface area contributed by atoms with Crippen LogP contribution in [0, 0.1) is 10.8 Å². The first-order valence-electron chi connectivity index (χ1n) is 9.60. The molecule has 0 atom stereocenters. The van der Waals surface area contributed by atoms with E-state index < -0.39 is 11.4 Å². The Kier molecular flexibility index (Phi) is 9.38. The first kappa shape index (κ1) is 22.9. The lowest BCUT2D eigenvalue weighted by atomic mass is 9.86. The predicted octanol–water partition coefficient (Wildman–Crippen LogP) is 6.01. The van der Waals surface area contributed by atoms with Crippen molar-refractivity contribution in [2.45, 2.75) is 89.6 Å². The number of rotatable bonds is 12. The number of carboxylic acid groups (broad SMARTS) is 1. The van der Waals surface area contributed by atoms with Gasteiger partial charge in [0.1, 0.15) is 6.29 Å². The van der Waals surface area contributed by atoms with Gasteiger partial charge in [0, 0.05) is 5.41 Å². The van der Waals surface area contributed by atoms with E-state index in [9.17, 15) is 14.7 Å². The lowest BCUT2D eigenvalue weighted by molar-refractivity contribution is -0.147. The van der Waals surface area contributed by atoms with Gasteiger partial charge in [-0.1, -0.05) is 39.5 Å². The van der Waals surface area contributed by atoms with Crippen molar-refractivity contribution < 1.29 is 14.7 Å². The largest absolute Gasteiger partial charge is 0.481 e. The summed E-state index contributed by atoms with van der Waals surface area (Å²) in [5.74, 6) is 1.79. The minimum absolute atomic E-state index is 0.192. The average Bonchev–Trinajstić information content (AvgIpc) is 2.57. The van der Waals surface area contributed by atoms with Crippen molar-refractivity contribution in [3.8, 4) is 0 Å². The summed E-state index contributed by atoms with van der Waals surface area (Å²) >= 11 is 4.23. The fourth-order valence-corrected chi connectivity index (χ4v) is 6.62. The van der Waals surface area contributed by atoms with Crippen LogP contribution >= 0.6 is 23.5 Å². The number of unbranched alkanes of at least 4 members (excludes halogenated alkanes) is 2. The van der Waals surface area contributed by atoms with Crippen LogP contribution in [0.3, 0.4) is 0 Å². The molecule has 0 aromatic heterocycles. The van der Waals surface area contributed by atoms with E-state index in [1.54, 1.807) is 0 Å². The summed E-state index contributed by atoms with van der Waals surface area (Å²) in [6.07, 6.45) is 10.9. The molecular weight excluding hydrogens is 352 g/mol. The molecule has 25 heavy (non-hydrogen) atoms. The van der Waals surface area contributed by atoms with Crippen LogP contribution < -0.4 is 0 Å². The van der Waals surface area contributed by atoms with E-state index >= 15 is 0 Å². The number of carbonyl (C=O) groups excluding carboxylic acids is 1. The van der Waals surface area contributed by atoms with Crippen LogP contribution in [0.1, 0.15) is 85.5 Å². The van der Waals surface area contributed by atoms with Gasteiger partial charge in [-0.2, -0.15) is 0 Å². The lowest BCUT2D eigenvalue weighted by Crippen LogP contribution is -2.26. The molecule has 0 unspecified atom stereocenters. The minimum atomic E-state index is -0.693. The Balaban J connectivity index is 2.42. The SMILES string of the molecule is CC(C)(C=O)CCCCC1(CCCCC(C)(C)C(=O)O)SCCCS1. The Bertz CT molecular complexity index is 427. The van der Waals surface area contributed by atoms with E-state index in [-0.39, 0.29) is 5.41 Å². The number of carboxylic acids is 1. The van der Waals surface area contributed by atoms with Crippen LogP contribution in [0.25, 0.3) is 0 Å². The van der Waals surface area contributed by atoms with Gasteiger partial charge in [-0.3, -0.25) is 4.79 Å². The molecule has 0 spiro atoms. The Hall–Kier alpha value is -0.160. The quantitative estimate of drug-likeness (QED) is 0.328. The summed E-state index contributed by atoms with van der Waals surface area (Å²) < 4.78 is 0.316. The van der Waals surface area contributed by atoms with Crippen LogP contribution in [-0.2, 0) is 9.59 Å². The first-order valence-corrected chi connectivity index (χ1v) is 11.6. The number of hydrogen-bond acceptors (Lipinski definition) is 4. The molecule has 0 radical (unpaired) electrons. The lowest BCUT2D eigenvalue weighted by Gasteiger charge is -2.37. The van der Waals surface area contributed by atoms with Crippen molar-refractivity contribution >= 4 is 35.8 Å². The van der Waals surface area contributed by atoms with Gasteiger partial charge < -0.3 is 9.90 Å². The number of aldehydes is 1. The highest BCUT2D eigenvalue weighted by atomic mass is 32.2. The zero-order valence-corrected chi connectivity index (χ0v) is 18.1. The fourth-order valence-electron chi connectivity index (χ4n) is 3.13. The van der Waals surface area contributed by atoms with Gasteiger partial charge in [-0.05, 0) is 57.5 Å². The molecule has 1 aliphatic rings. The summed E-state index contributed by atoms with van der Waals surface area (Å²) in [7, 11) is 0. The van der Waals surface area contributed by atoms with E-state index in [0.717, 1.165) is 38.4 Å². The fraction of sp³-hybridized carbons (Fsp3) is 0.900. The maximum Gasteiger partial charge on any atom is 0.309 e. The Morgan fingerprint density at radius 3 is 2.00 bits per heavy atom. The van der Waals surface area contributed by atoms with Gasteiger partial charge in [0.2, 0.25) is 0 Å². The molecule has 0 bridgehead atoms. The average molecular weight is 389 g/mol. The molecule has 1 fully saturated rings. The summed E-state index contributed by atoms with van der Waals surface area (Å²) in [6, 6.07) is 0. The first-order chi connectivity index (χ1) is 11.6. The van der Waals surface area contributed by atoms with E-state index in [0.29, 0.717) is 4.08 Å². The highest BCUT2D eigenvalue weighted by molar-refractivity contribution is 8.18. The second kappa shape index (κ2) is 10.2. The summed E-state index contributed by atoms with van der Waals surface area (Å²) in [6.45, 7) is 7.68. The van der Waals surface area contributed by atoms with Crippen LogP contribution in [-0.4, -0.2) is 32.9 Å². The summed E-state index contributed by atoms with van der Waals surface area (Å²) in [4.78, 5) is 22.3. The second-order valence-corrected chi connectivity index (χ2v) is 11.9. The summed E-state index contributed by atoms with van der Waals surface area (Å²) in [5, 5.41) is 9.24. The van der Waals surface area contributed by atoms with Gasteiger partial charge in [0.25, 0.3) is 0 Å². The third kappa shape index (κ3) is 8.38. The zero-order valence-electron chi connectivity index (χ0n) is 16.4. The number of aliphatic carboxylic acids is 1. The molecule has 1 rings (SSSR count). The third-order valence-corrected chi connectivity index (χ3v) is 8.72. The second-order valence-electron chi connectivity index (χ2n) is 8.67. The van der Waals surface area contributed by atoms with Crippen LogP contribution in [0.2, 0.25) is 0 Å². The molecule has 0 saturated carbocycles. The van der Waals surface area contributed by atoms with Crippen molar-refractivity contribution in [1.29, 1.82) is 0 Å². The Morgan fingerprint density at radius 1 is 1.00 bits per heavy atom. The number of carbonyl (C=O) groups is 2. The smallest absolute Gasteiger partial charge is 0.309 e. The van der Waals surface area contributed by atoms with Gasteiger partial charge in [0.15, 0.2) is 0 Å². The molecule has 1 aliphatic heterocycles. The summed E-state index contributed by atoms with van der Waals surface area (Å²) in [5.41, 5.74) is -0.803. The molecule has 1 heterocycles. The molecule has 0 amide bonds. The van der Waals surface area contributed by atoms with E-state index in [2.05, 4.69) is 23.5 Å². The van der Waals surface area contributed by atoms with E-state index in [1.807, 2.05) is 27.7 Å². The monoisotopic (exact) mass is 388 g/mol. The maximum absolute atomic E-state index is 11.2. The third-order valence-electron chi connectivity index (χ3n) is 5.16. The Morgan fingerprint density at radius 2 is 1.52 bits per heavy atom. The molecule has 1 saturated heterocycles. The highest BCUT2D eigenvalue weighted by Gasteiger charge is 2.33. The number of thioether (sulfide) groups is 2. The van der Waals surface area contributed by atoms with Crippen LogP contribution in [0.4, 0.5) is 0 Å². The molecule has 0 aromatic carbocycles. The molecule has 0 aromatic rings. The molecule has 146 valence electrons. The van der Waals surface area contributed by atoms with Gasteiger partial charge >= 0.3 is 5.97 Å². The molecule has 0 aliphatic carbocycles. The zero-order chi connectivity index (χ0) is 19.0. The van der Waals surface area contributed by atoms with E-state index in [4.69, 9.17) is 0 Å². The van der Waals surface area contributed by atoms with Crippen LogP contribution in [0.5, 0.6) is 0 Å². The predicted molar refractivity (Wildman–Crippen MR) is 110 cm³/mol. The number of hydrogen-bond donors (Lipinski definition) is 1. The van der Waals surface area contributed by atoms with E-state index in [1.165, 1.54) is 37.2 Å². The topological polar surface area (TPSA) is 54.4 Å². The van der Waals surface area contributed by atoms with Crippen molar-refractivity contribution in [3.63, 3.8) is 0 Å². The molecule has 3 nitrogen and oxygen atoms in total. The van der Waals surface area contributed by atoms with Crippen molar-refractivity contribution in [3.05, 3.63) is 0 Å². The standard InChI is InChI=1S/C20H36O3S2/c1-18(2,16-21)10-5-7-12-20(24-14-9-15-25-20)13-8-6-11-19(3,4)17(22)23/h16H,5-15H2,1-4H3,(H,22,23). The van der Waals surface area contributed by atoms with Crippen molar-refractivity contribution in [2.75, 3.05) is 11.5 Å². The molecular formula is C20H36O3S2. The highest BCUT2D eigenvalue weighted by Crippen LogP contribution is 2.49. The molecule has 5 heteroatoms. The van der Waals surface area contributed by atoms with Gasteiger partial charge in [-0.15, -0.1) is 23.5 Å². The normalized spacial score (nSPS) is 18.1. The minimum Gasteiger partial charge on any atom is -0.481 e. The van der Waals surface area contributed by atoms with Gasteiger partial charge in [-0.25, -0.2) is 0 Å². The van der Waals surface area contributed by atoms with Crippen molar-refractivity contribution in [2.24, 2.45) is 10.8 Å². The molecule has 1 N–H and O–H groups in total.